The van der Waals surface area contributed by atoms with Crippen LogP contribution in [0, 0.1) is 0 Å². The van der Waals surface area contributed by atoms with Crippen molar-refractivity contribution in [3.05, 3.63) is 0 Å². The van der Waals surface area contributed by atoms with Gasteiger partial charge in [0.05, 0.1) is 32.0 Å². The van der Waals surface area contributed by atoms with E-state index in [9.17, 15) is 50.4 Å². The van der Waals surface area contributed by atoms with Gasteiger partial charge in [0.2, 0.25) is 5.91 Å². The Morgan fingerprint density at radius 1 is 1.20 bits per heavy atom. The van der Waals surface area contributed by atoms with Crippen LogP contribution in [0.3, 0.4) is 0 Å². The second-order valence-corrected chi connectivity index (χ2v) is 8.33. The Morgan fingerprint density at radius 3 is 2.37 bits per heavy atom. The minimum atomic E-state index is -2.84. The van der Waals surface area contributed by atoms with E-state index in [1.807, 2.05) is 0 Å². The Bertz CT molecular complexity index is 715. The first-order valence-corrected chi connectivity index (χ1v) is 10.9. The Morgan fingerprint density at radius 2 is 1.86 bits per heavy atom. The molecule has 9 unspecified atom stereocenters. The number of carbonyl (C=O) groups is 2. The maximum absolute atomic E-state index is 12.3. The first kappa shape index (κ1) is 29.7. The molecule has 0 spiro atoms. The topological polar surface area (TPSA) is 271 Å². The molecule has 0 radical (unpaired) electrons. The number of hydrogen-bond acceptors (Lipinski definition) is 14. The van der Waals surface area contributed by atoms with Crippen LogP contribution in [-0.2, 0) is 28.5 Å². The molecule has 2 saturated heterocycles. The Kier molecular flexibility index (Phi) is 10.7. The molecule has 2 rings (SSSR count). The highest BCUT2D eigenvalue weighted by atomic mass is 16.8. The average Bonchev–Trinajstić information content (AvgIpc) is 2.81. The highest BCUT2D eigenvalue weighted by molar-refractivity contribution is 5.76. The van der Waals surface area contributed by atoms with E-state index in [0.717, 1.165) is 6.92 Å². The molecule has 0 saturated carbocycles. The van der Waals surface area contributed by atoms with Crippen molar-refractivity contribution in [2.45, 2.75) is 80.3 Å². The van der Waals surface area contributed by atoms with Crippen LogP contribution in [-0.4, -0.2) is 146 Å². The van der Waals surface area contributed by atoms with Gasteiger partial charge in [0.15, 0.2) is 6.29 Å². The van der Waals surface area contributed by atoms with Crippen LogP contribution in [0.25, 0.3) is 0 Å². The minimum absolute atomic E-state index is 0.0239. The monoisotopic (exact) mass is 514 g/mol. The zero-order valence-corrected chi connectivity index (χ0v) is 18.9. The summed E-state index contributed by atoms with van der Waals surface area (Å²) in [5, 5.41) is 83.3. The number of aliphatic carboxylic acids is 1. The van der Waals surface area contributed by atoms with E-state index < -0.39 is 98.5 Å². The fourth-order valence-electron chi connectivity index (χ4n) is 3.98. The smallest absolute Gasteiger partial charge is 0.364 e. The first-order valence-electron chi connectivity index (χ1n) is 10.9. The number of carboxylic acids is 1. The molecule has 2 aliphatic rings. The summed E-state index contributed by atoms with van der Waals surface area (Å²) in [4.78, 5) is 23.9. The van der Waals surface area contributed by atoms with Crippen LogP contribution in [0.1, 0.15) is 13.3 Å². The van der Waals surface area contributed by atoms with Gasteiger partial charge < -0.3 is 70.9 Å². The van der Waals surface area contributed by atoms with Crippen molar-refractivity contribution < 1.29 is 69.4 Å². The SMILES string of the molecule is CC(=O)NC1C(O)CC(OC2C(O)C(CO)OC(OCCN)C2O)(C(=O)O)OC1[C@@H](O)[C@@H](O)CO. The number of nitrogens with one attached hydrogen (secondary N) is 1. The summed E-state index contributed by atoms with van der Waals surface area (Å²) in [5.41, 5.74) is 5.36. The van der Waals surface area contributed by atoms with Crippen molar-refractivity contribution in [1.29, 1.82) is 0 Å². The van der Waals surface area contributed by atoms with Crippen LogP contribution < -0.4 is 11.1 Å². The summed E-state index contributed by atoms with van der Waals surface area (Å²) in [5.74, 6) is -5.37. The van der Waals surface area contributed by atoms with E-state index in [-0.39, 0.29) is 13.2 Å². The number of rotatable bonds is 11. The first-order chi connectivity index (χ1) is 16.4. The molecule has 0 aromatic heterocycles. The van der Waals surface area contributed by atoms with Crippen LogP contribution in [0.4, 0.5) is 0 Å². The molecule has 11 N–H and O–H groups in total. The molecule has 2 heterocycles. The molecule has 2 aliphatic heterocycles. The third kappa shape index (κ3) is 6.62. The van der Waals surface area contributed by atoms with E-state index in [0.29, 0.717) is 0 Å². The number of nitrogens with two attached hydrogens (primary N) is 1. The minimum Gasteiger partial charge on any atom is -0.477 e. The van der Waals surface area contributed by atoms with Crippen LogP contribution in [0.2, 0.25) is 0 Å². The van der Waals surface area contributed by atoms with Gasteiger partial charge in [-0.2, -0.15) is 0 Å². The zero-order chi connectivity index (χ0) is 26.5. The summed E-state index contributed by atoms with van der Waals surface area (Å²) in [6, 6.07) is -1.44. The molecular formula is C19H34N2O14. The Labute approximate surface area is 199 Å². The third-order valence-corrected chi connectivity index (χ3v) is 5.73. The van der Waals surface area contributed by atoms with E-state index >= 15 is 0 Å². The molecule has 16 nitrogen and oxygen atoms in total. The number of carboxylic acid groups (broad SMARTS) is 1. The Balaban J connectivity index is 2.43. The van der Waals surface area contributed by atoms with Gasteiger partial charge in [-0.25, -0.2) is 4.79 Å². The van der Waals surface area contributed by atoms with Crippen molar-refractivity contribution in [2.24, 2.45) is 5.73 Å². The number of aliphatic hydroxyl groups excluding tert-OH is 7. The van der Waals surface area contributed by atoms with Crippen molar-refractivity contribution >= 4 is 11.9 Å². The van der Waals surface area contributed by atoms with Crippen LogP contribution >= 0.6 is 0 Å². The Hall–Kier alpha value is -1.54. The summed E-state index contributed by atoms with van der Waals surface area (Å²) >= 11 is 0. The lowest BCUT2D eigenvalue weighted by molar-refractivity contribution is -0.369. The maximum Gasteiger partial charge on any atom is 0.364 e. The lowest BCUT2D eigenvalue weighted by atomic mass is 9.88. The molecule has 0 bridgehead atoms. The summed E-state index contributed by atoms with van der Waals surface area (Å²) in [7, 11) is 0. The van der Waals surface area contributed by atoms with Gasteiger partial charge in [0, 0.05) is 19.9 Å². The van der Waals surface area contributed by atoms with Crippen LogP contribution in [0.5, 0.6) is 0 Å². The average molecular weight is 514 g/mol. The second kappa shape index (κ2) is 12.6. The zero-order valence-electron chi connectivity index (χ0n) is 18.9. The molecule has 1 amide bonds. The molecule has 204 valence electrons. The van der Waals surface area contributed by atoms with E-state index in [1.165, 1.54) is 0 Å². The van der Waals surface area contributed by atoms with Crippen molar-refractivity contribution in [1.82, 2.24) is 5.32 Å². The lowest BCUT2D eigenvalue weighted by Gasteiger charge is -2.49. The van der Waals surface area contributed by atoms with Gasteiger partial charge in [0.1, 0.15) is 42.7 Å². The van der Waals surface area contributed by atoms with Gasteiger partial charge >= 0.3 is 5.97 Å². The van der Waals surface area contributed by atoms with E-state index in [1.54, 1.807) is 0 Å². The van der Waals surface area contributed by atoms with Gasteiger partial charge in [-0.05, 0) is 0 Å². The third-order valence-electron chi connectivity index (χ3n) is 5.73. The van der Waals surface area contributed by atoms with Gasteiger partial charge in [0.25, 0.3) is 5.79 Å². The molecule has 0 aromatic rings. The number of hydrogen-bond donors (Lipinski definition) is 10. The largest absolute Gasteiger partial charge is 0.477 e. The van der Waals surface area contributed by atoms with Crippen molar-refractivity contribution in [3.63, 3.8) is 0 Å². The van der Waals surface area contributed by atoms with Crippen LogP contribution in [0.15, 0.2) is 0 Å². The quantitative estimate of drug-likeness (QED) is 0.123. The molecule has 35 heavy (non-hydrogen) atoms. The fourth-order valence-corrected chi connectivity index (χ4v) is 3.98. The predicted molar refractivity (Wildman–Crippen MR) is 110 cm³/mol. The van der Waals surface area contributed by atoms with Gasteiger partial charge in [-0.15, -0.1) is 0 Å². The number of ether oxygens (including phenoxy) is 4. The molecular weight excluding hydrogens is 480 g/mol. The standard InChI is InChI=1S/C19H34N2O14/c1-7(24)21-11-8(25)4-19(18(30)31,34-15(11)12(27)9(26)5-22)35-16-13(28)10(6-23)33-17(14(16)29)32-3-2-20/h8-17,22-23,25-29H,2-6,20H2,1H3,(H,21,24)(H,30,31)/t8?,9-,10?,11?,12-,13?,14?,15?,16?,17?,19?/m0/s1. The maximum atomic E-state index is 12.3. The highest BCUT2D eigenvalue weighted by Crippen LogP contribution is 2.37. The van der Waals surface area contributed by atoms with E-state index in [2.05, 4.69) is 5.32 Å². The molecule has 0 aromatic carbocycles. The summed E-state index contributed by atoms with van der Waals surface area (Å²) in [6.07, 6.45) is -16.6. The molecule has 2 fully saturated rings. The number of aliphatic hydroxyl groups is 7. The molecule has 16 heteroatoms. The number of carbonyl (C=O) groups excluding carboxylic acids is 1. The highest BCUT2D eigenvalue weighted by Gasteiger charge is 2.59. The summed E-state index contributed by atoms with van der Waals surface area (Å²) < 4.78 is 21.5. The van der Waals surface area contributed by atoms with Crippen molar-refractivity contribution in [3.8, 4) is 0 Å². The van der Waals surface area contributed by atoms with E-state index in [4.69, 9.17) is 24.7 Å². The normalized spacial score (nSPS) is 39.6. The fraction of sp³-hybridized carbons (Fsp3) is 0.895. The number of amides is 1. The predicted octanol–water partition coefficient (Wildman–Crippen LogP) is -6.06. The summed E-state index contributed by atoms with van der Waals surface area (Å²) in [6.45, 7) is -0.738. The molecule has 0 aliphatic carbocycles. The van der Waals surface area contributed by atoms with Gasteiger partial charge in [-0.3, -0.25) is 4.79 Å². The van der Waals surface area contributed by atoms with Gasteiger partial charge in [-0.1, -0.05) is 0 Å². The second-order valence-electron chi connectivity index (χ2n) is 8.33. The van der Waals surface area contributed by atoms with Crippen molar-refractivity contribution in [2.75, 3.05) is 26.4 Å². The molecule has 11 atom stereocenters. The lowest BCUT2D eigenvalue weighted by Crippen LogP contribution is -2.70.